The molecule has 31 heavy (non-hydrogen) atoms. The maximum absolute atomic E-state index is 12.6. The molecular formula is C19H23Cl2N3O6S. The Bertz CT molecular complexity index is 1000. The van der Waals surface area contributed by atoms with Crippen molar-refractivity contribution in [2.24, 2.45) is 0 Å². The Kier molecular flexibility index (Phi) is 7.14. The van der Waals surface area contributed by atoms with Crippen LogP contribution in [0.5, 0.6) is 0 Å². The fourth-order valence-electron chi connectivity index (χ4n) is 3.15. The van der Waals surface area contributed by atoms with E-state index in [9.17, 15) is 22.8 Å². The summed E-state index contributed by atoms with van der Waals surface area (Å²) in [5.41, 5.74) is -0.205. The Balaban J connectivity index is 1.70. The van der Waals surface area contributed by atoms with E-state index in [1.165, 1.54) is 18.7 Å². The number of nitrogens with zero attached hydrogens (tertiary/aromatic N) is 2. The molecule has 2 amide bonds. The number of halogens is 2. The molecule has 12 heteroatoms. The highest BCUT2D eigenvalue weighted by Gasteiger charge is 2.32. The first-order valence-electron chi connectivity index (χ1n) is 9.76. The number of nitrogens with one attached hydrogen (secondary N) is 1. The van der Waals surface area contributed by atoms with Crippen LogP contribution in [0.3, 0.4) is 0 Å². The molecule has 1 aliphatic heterocycles. The van der Waals surface area contributed by atoms with Gasteiger partial charge in [-0.3, -0.25) is 9.59 Å². The van der Waals surface area contributed by atoms with Gasteiger partial charge in [0.15, 0.2) is 6.10 Å². The second-order valence-electron chi connectivity index (χ2n) is 7.54. The van der Waals surface area contributed by atoms with Crippen LogP contribution in [0.25, 0.3) is 0 Å². The predicted molar refractivity (Wildman–Crippen MR) is 114 cm³/mol. The van der Waals surface area contributed by atoms with Crippen LogP contribution < -0.4 is 4.72 Å². The molecule has 170 valence electrons. The number of benzene rings is 1. The van der Waals surface area contributed by atoms with Crippen LogP contribution in [0, 0.1) is 0 Å². The second kappa shape index (κ2) is 9.32. The second-order valence-corrected chi connectivity index (χ2v) is 10.0. The normalized spacial score (nSPS) is 17.9. The highest BCUT2D eigenvalue weighted by Crippen LogP contribution is 2.31. The molecule has 0 bridgehead atoms. The summed E-state index contributed by atoms with van der Waals surface area (Å²) in [5.74, 6) is -1.41. The Labute approximate surface area is 190 Å². The number of sulfonamides is 1. The monoisotopic (exact) mass is 491 g/mol. The highest BCUT2D eigenvalue weighted by atomic mass is 35.5. The number of amides is 2. The molecule has 1 aromatic carbocycles. The molecule has 0 spiro atoms. The molecule has 1 saturated carbocycles. The third-order valence-corrected chi connectivity index (χ3v) is 7.40. The maximum Gasteiger partial charge on any atom is 0.340 e. The zero-order valence-electron chi connectivity index (χ0n) is 17.1. The van der Waals surface area contributed by atoms with E-state index in [4.69, 9.17) is 27.9 Å². The SMILES string of the molecule is CC(=O)N1CCN(C(=O)C(C)OC(=O)c2cc(S(=O)(=O)NC3CC3)c(Cl)cc2Cl)CC1. The first-order valence-corrected chi connectivity index (χ1v) is 12.0. The number of piperazine rings is 1. The predicted octanol–water partition coefficient (Wildman–Crippen LogP) is 1.67. The largest absolute Gasteiger partial charge is 0.449 e. The number of ether oxygens (including phenoxy) is 1. The van der Waals surface area contributed by atoms with Crippen LogP contribution in [0.1, 0.15) is 37.0 Å². The van der Waals surface area contributed by atoms with Gasteiger partial charge in [0, 0.05) is 39.1 Å². The van der Waals surface area contributed by atoms with E-state index in [1.54, 1.807) is 4.90 Å². The van der Waals surface area contributed by atoms with Crippen molar-refractivity contribution in [1.82, 2.24) is 14.5 Å². The zero-order valence-corrected chi connectivity index (χ0v) is 19.4. The summed E-state index contributed by atoms with van der Waals surface area (Å²) < 4.78 is 32.8. The number of hydrogen-bond acceptors (Lipinski definition) is 6. The van der Waals surface area contributed by atoms with Crippen LogP contribution in [0.15, 0.2) is 17.0 Å². The minimum absolute atomic E-state index is 0.0640. The smallest absolute Gasteiger partial charge is 0.340 e. The first-order chi connectivity index (χ1) is 14.5. The third kappa shape index (κ3) is 5.68. The van der Waals surface area contributed by atoms with Crippen LogP contribution in [0.4, 0.5) is 0 Å². The molecule has 1 heterocycles. The fourth-order valence-corrected chi connectivity index (χ4v) is 5.30. The summed E-state index contributed by atoms with van der Waals surface area (Å²) in [6.07, 6.45) is 0.354. The summed E-state index contributed by atoms with van der Waals surface area (Å²) >= 11 is 12.1. The van der Waals surface area contributed by atoms with E-state index in [2.05, 4.69) is 4.72 Å². The number of rotatable bonds is 6. The molecule has 1 atom stereocenters. The molecule has 2 fully saturated rings. The molecule has 9 nitrogen and oxygen atoms in total. The molecular weight excluding hydrogens is 469 g/mol. The lowest BCUT2D eigenvalue weighted by Gasteiger charge is -2.35. The number of carbonyl (C=O) groups excluding carboxylic acids is 3. The zero-order chi connectivity index (χ0) is 22.9. The van der Waals surface area contributed by atoms with E-state index in [-0.39, 0.29) is 32.5 Å². The topological polar surface area (TPSA) is 113 Å². The van der Waals surface area contributed by atoms with E-state index in [0.29, 0.717) is 26.2 Å². The highest BCUT2D eigenvalue weighted by molar-refractivity contribution is 7.89. The standard InChI is InChI=1S/C19H23Cl2N3O6S/c1-11(18(26)24-7-5-23(6-8-24)12(2)25)30-19(27)14-9-17(16(21)10-15(14)20)31(28,29)22-13-3-4-13/h9-11,13,22H,3-8H2,1-2H3. The summed E-state index contributed by atoms with van der Waals surface area (Å²) in [7, 11) is -3.93. The van der Waals surface area contributed by atoms with E-state index in [1.807, 2.05) is 0 Å². The number of hydrogen-bond donors (Lipinski definition) is 1. The Hall–Kier alpha value is -1.88. The summed E-state index contributed by atoms with van der Waals surface area (Å²) in [5, 5.41) is -0.211. The molecule has 0 aromatic heterocycles. The van der Waals surface area contributed by atoms with Gasteiger partial charge in [-0.05, 0) is 31.9 Å². The molecule has 1 saturated heterocycles. The van der Waals surface area contributed by atoms with Crippen LogP contribution in [-0.2, 0) is 24.3 Å². The van der Waals surface area contributed by atoms with Crippen molar-refractivity contribution in [1.29, 1.82) is 0 Å². The fraction of sp³-hybridized carbons (Fsp3) is 0.526. The third-order valence-electron chi connectivity index (χ3n) is 5.10. The summed E-state index contributed by atoms with van der Waals surface area (Å²) in [4.78, 5) is 39.5. The Morgan fingerprint density at radius 3 is 2.19 bits per heavy atom. The van der Waals surface area contributed by atoms with Gasteiger partial charge in [0.2, 0.25) is 15.9 Å². The summed E-state index contributed by atoms with van der Waals surface area (Å²) in [6, 6.07) is 2.07. The van der Waals surface area contributed by atoms with Gasteiger partial charge in [-0.25, -0.2) is 17.9 Å². The van der Waals surface area contributed by atoms with Crippen molar-refractivity contribution in [3.63, 3.8) is 0 Å². The average Bonchev–Trinajstić information content (AvgIpc) is 3.50. The van der Waals surface area contributed by atoms with E-state index < -0.39 is 28.0 Å². The lowest BCUT2D eigenvalue weighted by Crippen LogP contribution is -2.52. The molecule has 1 aliphatic carbocycles. The quantitative estimate of drug-likeness (QED) is 0.605. The minimum atomic E-state index is -3.93. The first kappa shape index (κ1) is 23.8. The van der Waals surface area contributed by atoms with Crippen molar-refractivity contribution in [3.8, 4) is 0 Å². The van der Waals surface area contributed by atoms with E-state index in [0.717, 1.165) is 25.0 Å². The van der Waals surface area contributed by atoms with Gasteiger partial charge in [-0.2, -0.15) is 0 Å². The molecule has 1 unspecified atom stereocenters. The van der Waals surface area contributed by atoms with Crippen molar-refractivity contribution in [3.05, 3.63) is 27.7 Å². The summed E-state index contributed by atoms with van der Waals surface area (Å²) in [6.45, 7) is 4.36. The maximum atomic E-state index is 12.6. The van der Waals surface area contributed by atoms with Crippen LogP contribution >= 0.6 is 23.2 Å². The lowest BCUT2D eigenvalue weighted by atomic mass is 10.2. The Morgan fingerprint density at radius 2 is 1.65 bits per heavy atom. The average molecular weight is 492 g/mol. The van der Waals surface area contributed by atoms with Crippen molar-refractivity contribution >= 4 is 51.0 Å². The van der Waals surface area contributed by atoms with Crippen LogP contribution in [-0.4, -0.2) is 74.3 Å². The molecule has 2 aliphatic rings. The minimum Gasteiger partial charge on any atom is -0.449 e. The van der Waals surface area contributed by atoms with Crippen molar-refractivity contribution in [2.75, 3.05) is 26.2 Å². The molecule has 1 aromatic rings. The van der Waals surface area contributed by atoms with Gasteiger partial charge in [0.05, 0.1) is 15.6 Å². The van der Waals surface area contributed by atoms with Gasteiger partial charge >= 0.3 is 5.97 Å². The molecule has 1 N–H and O–H groups in total. The van der Waals surface area contributed by atoms with Gasteiger partial charge in [-0.15, -0.1) is 0 Å². The van der Waals surface area contributed by atoms with Crippen LogP contribution in [0.2, 0.25) is 10.0 Å². The van der Waals surface area contributed by atoms with Crippen molar-refractivity contribution < 1.29 is 27.5 Å². The molecule has 3 rings (SSSR count). The number of esters is 1. The number of carbonyl (C=O) groups is 3. The molecule has 0 radical (unpaired) electrons. The van der Waals surface area contributed by atoms with Gasteiger partial charge in [-0.1, -0.05) is 23.2 Å². The van der Waals surface area contributed by atoms with Gasteiger partial charge in [0.1, 0.15) is 4.90 Å². The van der Waals surface area contributed by atoms with Gasteiger partial charge < -0.3 is 14.5 Å². The van der Waals surface area contributed by atoms with Gasteiger partial charge in [0.25, 0.3) is 5.91 Å². The van der Waals surface area contributed by atoms with E-state index >= 15 is 0 Å². The lowest BCUT2D eigenvalue weighted by molar-refractivity contribution is -0.144. The van der Waals surface area contributed by atoms with Crippen molar-refractivity contribution in [2.45, 2.75) is 43.7 Å². The Morgan fingerprint density at radius 1 is 1.06 bits per heavy atom.